The summed E-state index contributed by atoms with van der Waals surface area (Å²) in [6.45, 7) is 3.89. The number of nitrogens with one attached hydrogen (secondary N) is 1. The molecular formula is C13H25ClN2O. The predicted molar refractivity (Wildman–Crippen MR) is 71.8 cm³/mol. The van der Waals surface area contributed by atoms with Crippen LogP contribution in [0.1, 0.15) is 32.1 Å². The molecule has 0 aromatic heterocycles. The molecule has 1 saturated heterocycles. The van der Waals surface area contributed by atoms with Gasteiger partial charge in [0.25, 0.3) is 0 Å². The molecule has 1 heterocycles. The SMILES string of the molecule is CN1CCOC(CNC2(CCl)CCCCC2)C1. The lowest BCUT2D eigenvalue weighted by atomic mass is 9.83. The van der Waals surface area contributed by atoms with Crippen LogP contribution < -0.4 is 5.32 Å². The number of likely N-dealkylation sites (N-methyl/N-ethyl adjacent to an activating group) is 1. The topological polar surface area (TPSA) is 24.5 Å². The molecule has 0 radical (unpaired) electrons. The Morgan fingerprint density at radius 1 is 1.35 bits per heavy atom. The third-order valence-corrected chi connectivity index (χ3v) is 4.62. The molecule has 0 bridgehead atoms. The maximum absolute atomic E-state index is 6.17. The van der Waals surface area contributed by atoms with Gasteiger partial charge in [-0.15, -0.1) is 11.6 Å². The Balaban J connectivity index is 1.78. The van der Waals surface area contributed by atoms with Gasteiger partial charge in [-0.05, 0) is 19.9 Å². The van der Waals surface area contributed by atoms with Gasteiger partial charge in [-0.1, -0.05) is 19.3 Å². The van der Waals surface area contributed by atoms with E-state index in [-0.39, 0.29) is 5.54 Å². The van der Waals surface area contributed by atoms with Crippen molar-refractivity contribution in [2.45, 2.75) is 43.7 Å². The van der Waals surface area contributed by atoms with Crippen molar-refractivity contribution in [2.75, 3.05) is 39.2 Å². The zero-order valence-electron chi connectivity index (χ0n) is 10.9. The van der Waals surface area contributed by atoms with Crippen LogP contribution in [0.2, 0.25) is 0 Å². The van der Waals surface area contributed by atoms with Crippen LogP contribution in [0.5, 0.6) is 0 Å². The molecule has 2 aliphatic rings. The quantitative estimate of drug-likeness (QED) is 0.781. The second kappa shape index (κ2) is 6.37. The second-order valence-corrected chi connectivity index (χ2v) is 5.88. The molecule has 1 saturated carbocycles. The fourth-order valence-corrected chi connectivity index (χ4v) is 3.27. The summed E-state index contributed by atoms with van der Waals surface area (Å²) in [4.78, 5) is 2.34. The van der Waals surface area contributed by atoms with E-state index in [0.717, 1.165) is 32.1 Å². The molecule has 1 unspecified atom stereocenters. The lowest BCUT2D eigenvalue weighted by Crippen LogP contribution is -2.54. The summed E-state index contributed by atoms with van der Waals surface area (Å²) < 4.78 is 5.78. The predicted octanol–water partition coefficient (Wildman–Crippen LogP) is 1.85. The van der Waals surface area contributed by atoms with Gasteiger partial charge in [0, 0.05) is 31.1 Å². The Kier molecular flexibility index (Phi) is 5.10. The molecule has 0 amide bonds. The van der Waals surface area contributed by atoms with Crippen LogP contribution in [-0.4, -0.2) is 55.7 Å². The molecular weight excluding hydrogens is 236 g/mol. The van der Waals surface area contributed by atoms with E-state index in [2.05, 4.69) is 17.3 Å². The van der Waals surface area contributed by atoms with Crippen LogP contribution in [0.15, 0.2) is 0 Å². The standard InChI is InChI=1S/C13H25ClN2O/c1-16-7-8-17-12(10-16)9-15-13(11-14)5-3-2-4-6-13/h12,15H,2-11H2,1H3. The van der Waals surface area contributed by atoms with Crippen molar-refractivity contribution >= 4 is 11.6 Å². The summed E-state index contributed by atoms with van der Waals surface area (Å²) in [5.74, 6) is 0.732. The van der Waals surface area contributed by atoms with Gasteiger partial charge in [0.15, 0.2) is 0 Å². The molecule has 100 valence electrons. The fourth-order valence-electron chi connectivity index (χ4n) is 2.91. The van der Waals surface area contributed by atoms with Gasteiger partial charge in [0.05, 0.1) is 12.7 Å². The molecule has 0 spiro atoms. The van der Waals surface area contributed by atoms with Crippen LogP contribution in [0.4, 0.5) is 0 Å². The molecule has 2 rings (SSSR count). The average Bonchev–Trinajstić information content (AvgIpc) is 2.38. The number of rotatable bonds is 4. The van der Waals surface area contributed by atoms with E-state index < -0.39 is 0 Å². The van der Waals surface area contributed by atoms with Crippen LogP contribution in [0.3, 0.4) is 0 Å². The monoisotopic (exact) mass is 260 g/mol. The first-order valence-electron chi connectivity index (χ1n) is 6.85. The van der Waals surface area contributed by atoms with Crippen LogP contribution in [0.25, 0.3) is 0 Å². The largest absolute Gasteiger partial charge is 0.374 e. The van der Waals surface area contributed by atoms with Crippen molar-refractivity contribution in [1.82, 2.24) is 10.2 Å². The fraction of sp³-hybridized carbons (Fsp3) is 1.00. The van der Waals surface area contributed by atoms with E-state index in [1.165, 1.54) is 32.1 Å². The van der Waals surface area contributed by atoms with Crippen molar-refractivity contribution in [1.29, 1.82) is 0 Å². The van der Waals surface area contributed by atoms with Gasteiger partial charge >= 0.3 is 0 Å². The highest BCUT2D eigenvalue weighted by molar-refractivity contribution is 6.18. The molecule has 0 aromatic carbocycles. The summed E-state index contributed by atoms with van der Waals surface area (Å²) in [5, 5.41) is 3.69. The molecule has 1 N–H and O–H groups in total. The summed E-state index contributed by atoms with van der Waals surface area (Å²) in [5.41, 5.74) is 0.180. The van der Waals surface area contributed by atoms with Crippen LogP contribution >= 0.6 is 11.6 Å². The number of morpholine rings is 1. The van der Waals surface area contributed by atoms with Crippen molar-refractivity contribution in [2.24, 2.45) is 0 Å². The van der Waals surface area contributed by atoms with E-state index in [9.17, 15) is 0 Å². The maximum atomic E-state index is 6.17. The Morgan fingerprint density at radius 2 is 2.12 bits per heavy atom. The first-order chi connectivity index (χ1) is 8.24. The molecule has 2 fully saturated rings. The minimum Gasteiger partial charge on any atom is -0.374 e. The van der Waals surface area contributed by atoms with Gasteiger partial charge in [0.1, 0.15) is 0 Å². The lowest BCUT2D eigenvalue weighted by molar-refractivity contribution is -0.0222. The van der Waals surface area contributed by atoms with Crippen molar-refractivity contribution < 1.29 is 4.74 Å². The molecule has 1 aliphatic carbocycles. The molecule has 4 heteroatoms. The first kappa shape index (κ1) is 13.6. The molecule has 0 aromatic rings. The number of halogens is 1. The number of nitrogens with zero attached hydrogens (tertiary/aromatic N) is 1. The maximum Gasteiger partial charge on any atom is 0.0826 e. The highest BCUT2D eigenvalue weighted by atomic mass is 35.5. The van der Waals surface area contributed by atoms with E-state index in [1.54, 1.807) is 0 Å². The second-order valence-electron chi connectivity index (χ2n) is 5.61. The van der Waals surface area contributed by atoms with E-state index in [1.807, 2.05) is 0 Å². The van der Waals surface area contributed by atoms with E-state index in [0.29, 0.717) is 6.10 Å². The Hall–Kier alpha value is 0.170. The molecule has 1 atom stereocenters. The lowest BCUT2D eigenvalue weighted by Gasteiger charge is -2.39. The zero-order chi connectivity index (χ0) is 12.1. The van der Waals surface area contributed by atoms with Crippen LogP contribution in [-0.2, 0) is 4.74 Å². The summed E-state index contributed by atoms with van der Waals surface area (Å²) in [7, 11) is 2.16. The average molecular weight is 261 g/mol. The smallest absolute Gasteiger partial charge is 0.0826 e. The van der Waals surface area contributed by atoms with Gasteiger partial charge in [0.2, 0.25) is 0 Å². The number of ether oxygens (including phenoxy) is 1. The van der Waals surface area contributed by atoms with E-state index in [4.69, 9.17) is 16.3 Å². The normalized spacial score (nSPS) is 30.4. The van der Waals surface area contributed by atoms with Gasteiger partial charge in [-0.25, -0.2) is 0 Å². The highest BCUT2D eigenvalue weighted by Crippen LogP contribution is 2.29. The van der Waals surface area contributed by atoms with Crippen molar-refractivity contribution in [3.05, 3.63) is 0 Å². The molecule has 1 aliphatic heterocycles. The summed E-state index contributed by atoms with van der Waals surface area (Å²) >= 11 is 6.17. The minimum absolute atomic E-state index is 0.180. The van der Waals surface area contributed by atoms with Crippen LogP contribution in [0, 0.1) is 0 Å². The molecule has 3 nitrogen and oxygen atoms in total. The zero-order valence-corrected chi connectivity index (χ0v) is 11.6. The minimum atomic E-state index is 0.180. The van der Waals surface area contributed by atoms with E-state index >= 15 is 0 Å². The van der Waals surface area contributed by atoms with Gasteiger partial charge in [-0.3, -0.25) is 0 Å². The third kappa shape index (κ3) is 3.82. The van der Waals surface area contributed by atoms with Gasteiger partial charge < -0.3 is 15.0 Å². The Bertz CT molecular complexity index is 231. The third-order valence-electron chi connectivity index (χ3n) is 4.11. The summed E-state index contributed by atoms with van der Waals surface area (Å²) in [6.07, 6.45) is 6.76. The van der Waals surface area contributed by atoms with Gasteiger partial charge in [-0.2, -0.15) is 0 Å². The highest BCUT2D eigenvalue weighted by Gasteiger charge is 2.31. The summed E-state index contributed by atoms with van der Waals surface area (Å²) in [6, 6.07) is 0. The Labute approximate surface area is 110 Å². The van der Waals surface area contributed by atoms with Crippen molar-refractivity contribution in [3.63, 3.8) is 0 Å². The number of alkyl halides is 1. The Morgan fingerprint density at radius 3 is 2.76 bits per heavy atom. The first-order valence-corrected chi connectivity index (χ1v) is 7.39. The molecule has 17 heavy (non-hydrogen) atoms. The van der Waals surface area contributed by atoms with Crippen molar-refractivity contribution in [3.8, 4) is 0 Å². The number of hydrogen-bond donors (Lipinski definition) is 1. The number of hydrogen-bond acceptors (Lipinski definition) is 3.